The maximum atomic E-state index is 12.5. The molecule has 0 spiro atoms. The Kier molecular flexibility index (Phi) is 2.18. The fourth-order valence-corrected chi connectivity index (χ4v) is 0.883. The van der Waals surface area contributed by atoms with E-state index in [0.29, 0.717) is 11.7 Å². The first-order chi connectivity index (χ1) is 4.34. The zero-order chi connectivity index (χ0) is 6.69. The van der Waals surface area contributed by atoms with Crippen LogP contribution in [-0.4, -0.2) is 0 Å². The second kappa shape index (κ2) is 2.93. The van der Waals surface area contributed by atoms with E-state index in [-0.39, 0.29) is 5.82 Å². The van der Waals surface area contributed by atoms with Crippen LogP contribution in [0.1, 0.15) is 5.56 Å². The van der Waals surface area contributed by atoms with Gasteiger partial charge in [0.15, 0.2) is 0 Å². The van der Waals surface area contributed by atoms with Gasteiger partial charge in [-0.15, -0.1) is 0 Å². The van der Waals surface area contributed by atoms with Gasteiger partial charge in [-0.25, -0.2) is 4.39 Å². The molecule has 0 aliphatic heterocycles. The summed E-state index contributed by atoms with van der Waals surface area (Å²) in [6.07, 6.45) is 0.465. The molecule has 0 aliphatic rings. The molecule has 0 unspecified atom stereocenters. The lowest BCUT2D eigenvalue weighted by Gasteiger charge is -1.94. The molecule has 0 amide bonds. The normalized spacial score (nSPS) is 9.56. The van der Waals surface area contributed by atoms with Gasteiger partial charge in [-0.3, -0.25) is 0 Å². The lowest BCUT2D eigenvalue weighted by atomic mass is 10.2. The van der Waals surface area contributed by atoms with Crippen molar-refractivity contribution in [2.45, 2.75) is 6.16 Å². The number of halogens is 1. The van der Waals surface area contributed by atoms with Crippen molar-refractivity contribution < 1.29 is 4.39 Å². The molecule has 0 aliphatic carbocycles. The van der Waals surface area contributed by atoms with Crippen LogP contribution < -0.4 is 0 Å². The van der Waals surface area contributed by atoms with Gasteiger partial charge in [-0.05, 0) is 20.9 Å². The molecule has 0 atom stereocenters. The quantitative estimate of drug-likeness (QED) is 0.526. The average Bonchev–Trinajstić information content (AvgIpc) is 1.89. The molecule has 1 rings (SSSR count). The van der Waals surface area contributed by atoms with Crippen LogP contribution in [-0.2, 0) is 6.16 Å². The second-order valence-corrected chi connectivity index (χ2v) is 2.07. The Bertz CT molecular complexity index is 198. The Morgan fingerprint density at radius 1 is 1.33 bits per heavy atom. The van der Waals surface area contributed by atoms with Gasteiger partial charge in [-0.2, -0.15) is 0 Å². The molecule has 0 heterocycles. The van der Waals surface area contributed by atoms with Gasteiger partial charge in [0, 0.05) is 6.16 Å². The van der Waals surface area contributed by atoms with E-state index < -0.39 is 0 Å². The third-order valence-corrected chi connectivity index (χ3v) is 1.47. The predicted octanol–water partition coefficient (Wildman–Crippen LogP) is 2.74. The number of hydrogen-bond acceptors (Lipinski definition) is 0. The molecule has 46 valence electrons. The first-order valence-electron chi connectivity index (χ1n) is 2.69. The van der Waals surface area contributed by atoms with Gasteiger partial charge in [-0.1, -0.05) is 18.2 Å². The summed E-state index contributed by atoms with van der Waals surface area (Å²) < 4.78 is 12.5. The van der Waals surface area contributed by atoms with Crippen molar-refractivity contribution in [3.8, 4) is 0 Å². The fraction of sp³-hybridized carbons (Fsp3) is 0.143. The molecule has 0 nitrogen and oxygen atoms in total. The summed E-state index contributed by atoms with van der Waals surface area (Å²) in [6.45, 7) is 0. The second-order valence-electron chi connectivity index (χ2n) is 1.75. The zero-order valence-corrected chi connectivity index (χ0v) is 5.74. The van der Waals surface area contributed by atoms with E-state index in [0.717, 1.165) is 0 Å². The smallest absolute Gasteiger partial charge is 0.126 e. The first-order valence-corrected chi connectivity index (χ1v) is 3.32. The summed E-state index contributed by atoms with van der Waals surface area (Å²) in [5.41, 5.74) is 0.654. The standard InChI is InChI=1S/C7H6FP/c8-7-4-2-1-3-6(7)5-9/h1-4H,5H2. The highest BCUT2D eigenvalue weighted by Crippen LogP contribution is 2.09. The molecule has 2 heteroatoms. The molecule has 9 heavy (non-hydrogen) atoms. The molecular formula is C7H6FP. The lowest BCUT2D eigenvalue weighted by molar-refractivity contribution is 0.617. The Morgan fingerprint density at radius 3 is 2.44 bits per heavy atom. The van der Waals surface area contributed by atoms with Crippen molar-refractivity contribution in [2.75, 3.05) is 0 Å². The minimum atomic E-state index is -0.174. The van der Waals surface area contributed by atoms with Crippen molar-refractivity contribution in [3.63, 3.8) is 0 Å². The van der Waals surface area contributed by atoms with E-state index in [1.54, 1.807) is 18.2 Å². The predicted molar refractivity (Wildman–Crippen MR) is 37.0 cm³/mol. The molecule has 2 radical (unpaired) electrons. The highest BCUT2D eigenvalue weighted by molar-refractivity contribution is 7.15. The Labute approximate surface area is 56.3 Å². The van der Waals surface area contributed by atoms with E-state index in [1.165, 1.54) is 6.07 Å². The Balaban J connectivity index is 3.01. The summed E-state index contributed by atoms with van der Waals surface area (Å²) in [6, 6.07) is 6.63. The summed E-state index contributed by atoms with van der Waals surface area (Å²) in [5, 5.41) is 0. The van der Waals surface area contributed by atoms with Crippen LogP contribution in [0, 0.1) is 5.82 Å². The fourth-order valence-electron chi connectivity index (χ4n) is 0.627. The van der Waals surface area contributed by atoms with Crippen molar-refractivity contribution >= 4 is 9.24 Å². The number of rotatable bonds is 1. The molecule has 1 aromatic rings. The molecule has 0 saturated heterocycles. The SMILES string of the molecule is Fc1ccccc1C[P]. The molecule has 0 bridgehead atoms. The van der Waals surface area contributed by atoms with E-state index in [2.05, 4.69) is 9.24 Å². The molecule has 0 saturated carbocycles. The van der Waals surface area contributed by atoms with Gasteiger partial charge in [0.1, 0.15) is 5.82 Å². The Morgan fingerprint density at radius 2 is 2.00 bits per heavy atom. The summed E-state index contributed by atoms with van der Waals surface area (Å²) >= 11 is 0. The van der Waals surface area contributed by atoms with E-state index in [1.807, 2.05) is 0 Å². The molecule has 0 fully saturated rings. The third-order valence-electron chi connectivity index (χ3n) is 1.13. The molecule has 1 aromatic carbocycles. The van der Waals surface area contributed by atoms with Crippen molar-refractivity contribution in [2.24, 2.45) is 0 Å². The minimum absolute atomic E-state index is 0.174. The van der Waals surface area contributed by atoms with Crippen molar-refractivity contribution in [1.82, 2.24) is 0 Å². The molecular weight excluding hydrogens is 134 g/mol. The van der Waals surface area contributed by atoms with Gasteiger partial charge >= 0.3 is 0 Å². The van der Waals surface area contributed by atoms with Crippen molar-refractivity contribution in [1.29, 1.82) is 0 Å². The van der Waals surface area contributed by atoms with E-state index in [9.17, 15) is 4.39 Å². The maximum Gasteiger partial charge on any atom is 0.126 e. The van der Waals surface area contributed by atoms with Crippen LogP contribution >= 0.6 is 9.24 Å². The summed E-state index contributed by atoms with van der Waals surface area (Å²) in [7, 11) is 3.94. The summed E-state index contributed by atoms with van der Waals surface area (Å²) in [5.74, 6) is -0.174. The highest BCUT2D eigenvalue weighted by atomic mass is 31.0. The topological polar surface area (TPSA) is 0 Å². The van der Waals surface area contributed by atoms with Gasteiger partial charge in [0.2, 0.25) is 0 Å². The zero-order valence-electron chi connectivity index (χ0n) is 4.84. The highest BCUT2D eigenvalue weighted by Gasteiger charge is 1.94. The van der Waals surface area contributed by atoms with Crippen molar-refractivity contribution in [3.05, 3.63) is 35.6 Å². The lowest BCUT2D eigenvalue weighted by Crippen LogP contribution is -1.81. The third kappa shape index (κ3) is 1.49. The molecule has 0 N–H and O–H groups in total. The minimum Gasteiger partial charge on any atom is -0.207 e. The maximum absolute atomic E-state index is 12.5. The van der Waals surface area contributed by atoms with Crippen LogP contribution in [0.15, 0.2) is 24.3 Å². The van der Waals surface area contributed by atoms with Crippen LogP contribution in [0.2, 0.25) is 0 Å². The van der Waals surface area contributed by atoms with Crippen LogP contribution in [0.5, 0.6) is 0 Å². The van der Waals surface area contributed by atoms with Crippen LogP contribution in [0.25, 0.3) is 0 Å². The largest absolute Gasteiger partial charge is 0.207 e. The first kappa shape index (κ1) is 6.70. The number of hydrogen-bond donors (Lipinski definition) is 0. The van der Waals surface area contributed by atoms with Gasteiger partial charge in [0.05, 0.1) is 0 Å². The Hall–Kier alpha value is -0.420. The average molecular weight is 140 g/mol. The van der Waals surface area contributed by atoms with Gasteiger partial charge in [0.25, 0.3) is 0 Å². The molecule has 0 aromatic heterocycles. The van der Waals surface area contributed by atoms with Crippen LogP contribution in [0.4, 0.5) is 4.39 Å². The monoisotopic (exact) mass is 140 g/mol. The van der Waals surface area contributed by atoms with Crippen LogP contribution in [0.3, 0.4) is 0 Å². The number of benzene rings is 1. The van der Waals surface area contributed by atoms with E-state index in [4.69, 9.17) is 0 Å². The van der Waals surface area contributed by atoms with Gasteiger partial charge < -0.3 is 0 Å². The summed E-state index contributed by atoms with van der Waals surface area (Å²) in [4.78, 5) is 0. The van der Waals surface area contributed by atoms with E-state index >= 15 is 0 Å².